The van der Waals surface area contributed by atoms with E-state index in [1.165, 1.54) is 0 Å². The van der Waals surface area contributed by atoms with E-state index in [1.54, 1.807) is 0 Å². The lowest BCUT2D eigenvalue weighted by Gasteiger charge is -2.20. The third-order valence-electron chi connectivity index (χ3n) is 2.85. The van der Waals surface area contributed by atoms with Gasteiger partial charge in [0.15, 0.2) is 0 Å². The van der Waals surface area contributed by atoms with Crippen molar-refractivity contribution in [2.24, 2.45) is 10.7 Å². The van der Waals surface area contributed by atoms with Crippen molar-refractivity contribution in [3.05, 3.63) is 35.9 Å². The summed E-state index contributed by atoms with van der Waals surface area (Å²) in [7, 11) is 0. The summed E-state index contributed by atoms with van der Waals surface area (Å²) in [5.41, 5.74) is 6.99. The average molecular weight is 233 g/mol. The molecule has 0 spiro atoms. The zero-order chi connectivity index (χ0) is 12.7. The largest absolute Gasteiger partial charge is 0.383 e. The van der Waals surface area contributed by atoms with Gasteiger partial charge in [-0.2, -0.15) is 0 Å². The van der Waals surface area contributed by atoms with E-state index >= 15 is 0 Å². The number of likely N-dealkylation sites (N-methyl/N-ethyl adjacent to an activating group) is 1. The highest BCUT2D eigenvalue weighted by molar-refractivity contribution is 5.97. The van der Waals surface area contributed by atoms with Gasteiger partial charge < -0.3 is 10.6 Å². The zero-order valence-electron chi connectivity index (χ0n) is 11.1. The number of hydrogen-bond donors (Lipinski definition) is 1. The van der Waals surface area contributed by atoms with Gasteiger partial charge in [-0.3, -0.25) is 4.99 Å². The Bertz CT molecular complexity index is 342. The van der Waals surface area contributed by atoms with Crippen molar-refractivity contribution in [3.63, 3.8) is 0 Å². The van der Waals surface area contributed by atoms with E-state index in [0.717, 1.165) is 25.2 Å². The maximum absolute atomic E-state index is 5.99. The molecule has 94 valence electrons. The summed E-state index contributed by atoms with van der Waals surface area (Å²) < 4.78 is 0. The van der Waals surface area contributed by atoms with Gasteiger partial charge in [0.2, 0.25) is 0 Å². The molecule has 0 aliphatic heterocycles. The molecule has 0 heterocycles. The van der Waals surface area contributed by atoms with Crippen molar-refractivity contribution in [3.8, 4) is 0 Å². The number of nitrogens with zero attached hydrogens (tertiary/aromatic N) is 2. The molecule has 0 aliphatic rings. The third-order valence-corrected chi connectivity index (χ3v) is 2.85. The van der Waals surface area contributed by atoms with Gasteiger partial charge in [-0.25, -0.2) is 0 Å². The predicted molar refractivity (Wildman–Crippen MR) is 74.4 cm³/mol. The number of benzene rings is 1. The molecule has 0 amide bonds. The lowest BCUT2D eigenvalue weighted by Crippen LogP contribution is -2.31. The second kappa shape index (κ2) is 7.07. The molecule has 0 saturated heterocycles. The molecule has 1 aromatic carbocycles. The molecule has 0 saturated carbocycles. The van der Waals surface area contributed by atoms with Crippen molar-refractivity contribution in [1.82, 2.24) is 4.90 Å². The van der Waals surface area contributed by atoms with E-state index in [1.807, 2.05) is 30.3 Å². The molecule has 3 heteroatoms. The summed E-state index contributed by atoms with van der Waals surface area (Å²) in [5.74, 6) is 0.630. The second-order valence-electron chi connectivity index (χ2n) is 4.22. The molecule has 0 aliphatic carbocycles. The molecule has 0 bridgehead atoms. The highest BCUT2D eigenvalue weighted by Gasteiger charge is 2.06. The summed E-state index contributed by atoms with van der Waals surface area (Å²) in [6.07, 6.45) is 0. The Labute approximate surface area is 104 Å². The number of amidine groups is 1. The van der Waals surface area contributed by atoms with Crippen LogP contribution in [-0.4, -0.2) is 36.4 Å². The van der Waals surface area contributed by atoms with Crippen molar-refractivity contribution >= 4 is 5.84 Å². The number of nitrogens with two attached hydrogens (primary N) is 1. The highest BCUT2D eigenvalue weighted by atomic mass is 15.1. The molecule has 0 fully saturated rings. The van der Waals surface area contributed by atoms with Crippen LogP contribution < -0.4 is 5.73 Å². The molecule has 2 N–H and O–H groups in total. The Balaban J connectivity index is 2.62. The maximum atomic E-state index is 5.99. The van der Waals surface area contributed by atoms with Crippen molar-refractivity contribution in [2.75, 3.05) is 19.6 Å². The van der Waals surface area contributed by atoms with Gasteiger partial charge in [-0.1, -0.05) is 44.2 Å². The van der Waals surface area contributed by atoms with E-state index in [2.05, 4.69) is 30.7 Å². The molecule has 1 aromatic rings. The van der Waals surface area contributed by atoms with Gasteiger partial charge >= 0.3 is 0 Å². The molecule has 1 unspecified atom stereocenters. The summed E-state index contributed by atoms with van der Waals surface area (Å²) in [6, 6.07) is 10.1. The summed E-state index contributed by atoms with van der Waals surface area (Å²) in [6.45, 7) is 9.51. The summed E-state index contributed by atoms with van der Waals surface area (Å²) >= 11 is 0. The molecule has 17 heavy (non-hydrogen) atoms. The molecule has 0 aromatic heterocycles. The minimum absolute atomic E-state index is 0.232. The van der Waals surface area contributed by atoms with Crippen LogP contribution in [0.2, 0.25) is 0 Å². The van der Waals surface area contributed by atoms with Gasteiger partial charge in [-0.05, 0) is 20.0 Å². The van der Waals surface area contributed by atoms with Crippen LogP contribution in [0.5, 0.6) is 0 Å². The van der Waals surface area contributed by atoms with E-state index < -0.39 is 0 Å². The van der Waals surface area contributed by atoms with Crippen LogP contribution in [0.3, 0.4) is 0 Å². The van der Waals surface area contributed by atoms with Crippen LogP contribution in [0.15, 0.2) is 35.3 Å². The first kappa shape index (κ1) is 13.7. The Morgan fingerprint density at radius 2 is 1.82 bits per heavy atom. The van der Waals surface area contributed by atoms with Crippen LogP contribution in [0, 0.1) is 0 Å². The van der Waals surface area contributed by atoms with Crippen LogP contribution in [0.4, 0.5) is 0 Å². The molecular formula is C14H23N3. The Kier molecular flexibility index (Phi) is 5.70. The normalized spacial score (nSPS) is 14.0. The zero-order valence-corrected chi connectivity index (χ0v) is 11.1. The van der Waals surface area contributed by atoms with Crippen LogP contribution in [-0.2, 0) is 0 Å². The third kappa shape index (κ3) is 4.57. The number of hydrogen-bond acceptors (Lipinski definition) is 2. The molecular weight excluding hydrogens is 210 g/mol. The fourth-order valence-electron chi connectivity index (χ4n) is 1.82. The monoisotopic (exact) mass is 233 g/mol. The molecule has 1 rings (SSSR count). The second-order valence-corrected chi connectivity index (χ2v) is 4.22. The topological polar surface area (TPSA) is 41.6 Å². The van der Waals surface area contributed by atoms with Gasteiger partial charge in [-0.15, -0.1) is 0 Å². The van der Waals surface area contributed by atoms with Crippen molar-refractivity contribution < 1.29 is 0 Å². The molecule has 0 radical (unpaired) electrons. The Hall–Kier alpha value is -1.35. The van der Waals surface area contributed by atoms with Crippen LogP contribution >= 0.6 is 0 Å². The fraction of sp³-hybridized carbons (Fsp3) is 0.500. The smallest absolute Gasteiger partial charge is 0.125 e. The van der Waals surface area contributed by atoms with E-state index in [-0.39, 0.29) is 6.04 Å². The van der Waals surface area contributed by atoms with Gasteiger partial charge in [0.05, 0.1) is 6.04 Å². The van der Waals surface area contributed by atoms with E-state index in [4.69, 9.17) is 5.73 Å². The number of aliphatic imine (C=N–C) groups is 1. The minimum atomic E-state index is 0.232. The minimum Gasteiger partial charge on any atom is -0.383 e. The lowest BCUT2D eigenvalue weighted by molar-refractivity contribution is 0.289. The fourth-order valence-corrected chi connectivity index (χ4v) is 1.82. The van der Waals surface area contributed by atoms with E-state index in [0.29, 0.717) is 5.84 Å². The number of rotatable bonds is 6. The molecule has 1 atom stereocenters. The lowest BCUT2D eigenvalue weighted by atomic mass is 10.2. The molecule has 3 nitrogen and oxygen atoms in total. The summed E-state index contributed by atoms with van der Waals surface area (Å²) in [4.78, 5) is 6.89. The quantitative estimate of drug-likeness (QED) is 0.604. The first-order valence-electron chi connectivity index (χ1n) is 6.28. The predicted octanol–water partition coefficient (Wildman–Crippen LogP) is 2.12. The Morgan fingerprint density at radius 1 is 1.24 bits per heavy atom. The summed E-state index contributed by atoms with van der Waals surface area (Å²) in [5, 5.41) is 0. The van der Waals surface area contributed by atoms with E-state index in [9.17, 15) is 0 Å². The van der Waals surface area contributed by atoms with Crippen molar-refractivity contribution in [2.45, 2.75) is 26.8 Å². The van der Waals surface area contributed by atoms with Gasteiger partial charge in [0.1, 0.15) is 5.84 Å². The highest BCUT2D eigenvalue weighted by Crippen LogP contribution is 2.01. The standard InChI is InChI=1S/C14H23N3/c1-4-17(5-2)11-12(3)16-14(15)13-9-7-6-8-10-13/h6-10,12H,4-5,11H2,1-3H3,(H2,15,16). The first-order valence-corrected chi connectivity index (χ1v) is 6.28. The van der Waals surface area contributed by atoms with Gasteiger partial charge in [0.25, 0.3) is 0 Å². The SMILES string of the molecule is CCN(CC)CC(C)N=C(N)c1ccccc1. The van der Waals surface area contributed by atoms with Crippen molar-refractivity contribution in [1.29, 1.82) is 0 Å². The average Bonchev–Trinajstić information content (AvgIpc) is 2.37. The first-order chi connectivity index (χ1) is 8.17. The maximum Gasteiger partial charge on any atom is 0.125 e. The Morgan fingerprint density at radius 3 is 2.35 bits per heavy atom. The van der Waals surface area contributed by atoms with Gasteiger partial charge in [0, 0.05) is 12.1 Å². The van der Waals surface area contributed by atoms with Crippen LogP contribution in [0.1, 0.15) is 26.3 Å². The van der Waals surface area contributed by atoms with Crippen LogP contribution in [0.25, 0.3) is 0 Å².